The van der Waals surface area contributed by atoms with E-state index >= 15 is 0 Å². The number of aryl methyl sites for hydroxylation is 1. The van der Waals surface area contributed by atoms with Crippen LogP contribution in [0.3, 0.4) is 0 Å². The molecular weight excluding hydrogens is 404 g/mol. The molecule has 2 aromatic carbocycles. The highest BCUT2D eigenvalue weighted by Gasteiger charge is 2.19. The number of hydrogen-bond acceptors (Lipinski definition) is 4. The van der Waals surface area contributed by atoms with Gasteiger partial charge in [0.15, 0.2) is 0 Å². The molecule has 0 radical (unpaired) electrons. The van der Waals surface area contributed by atoms with Crippen molar-refractivity contribution >= 4 is 33.8 Å². The molecule has 6 heteroatoms. The molecule has 4 aromatic rings. The molecule has 31 heavy (non-hydrogen) atoms. The van der Waals surface area contributed by atoms with Crippen molar-refractivity contribution in [2.75, 3.05) is 25.5 Å². The van der Waals surface area contributed by atoms with Crippen LogP contribution in [0.5, 0.6) is 0 Å². The molecule has 1 amide bonds. The fraction of sp³-hybridized carbons (Fsp3) is 0.280. The van der Waals surface area contributed by atoms with Crippen molar-refractivity contribution < 1.29 is 4.79 Å². The number of thiazole rings is 1. The Morgan fingerprint density at radius 3 is 2.65 bits per heavy atom. The topological polar surface area (TPSA) is 61.0 Å². The summed E-state index contributed by atoms with van der Waals surface area (Å²) in [6.45, 7) is 2.61. The van der Waals surface area contributed by atoms with Crippen LogP contribution in [0.15, 0.2) is 60.1 Å². The van der Waals surface area contributed by atoms with Crippen LogP contribution in [0.2, 0.25) is 0 Å². The first-order valence-electron chi connectivity index (χ1n) is 10.6. The summed E-state index contributed by atoms with van der Waals surface area (Å²) in [5, 5.41) is 7.39. The van der Waals surface area contributed by atoms with E-state index < -0.39 is 0 Å². The lowest BCUT2D eigenvalue weighted by Gasteiger charge is -2.20. The van der Waals surface area contributed by atoms with Crippen molar-refractivity contribution in [1.82, 2.24) is 15.3 Å². The molecule has 5 nitrogen and oxygen atoms in total. The van der Waals surface area contributed by atoms with Gasteiger partial charge in [0, 0.05) is 54.7 Å². The molecule has 0 aliphatic rings. The van der Waals surface area contributed by atoms with Gasteiger partial charge < -0.3 is 15.2 Å². The van der Waals surface area contributed by atoms with E-state index in [4.69, 9.17) is 0 Å². The Morgan fingerprint density at radius 1 is 1.16 bits per heavy atom. The van der Waals surface area contributed by atoms with Crippen LogP contribution in [0.1, 0.15) is 34.7 Å². The predicted octanol–water partition coefficient (Wildman–Crippen LogP) is 4.74. The number of aromatic amines is 1. The van der Waals surface area contributed by atoms with E-state index in [0.717, 1.165) is 28.3 Å². The average molecular weight is 433 g/mol. The van der Waals surface area contributed by atoms with Crippen LogP contribution in [-0.4, -0.2) is 36.5 Å². The first-order valence-corrected chi connectivity index (χ1v) is 11.5. The number of anilines is 1. The summed E-state index contributed by atoms with van der Waals surface area (Å²) in [5.74, 6) is 0.0562. The number of fused-ring (bicyclic) bond motifs is 1. The van der Waals surface area contributed by atoms with Crippen LogP contribution in [0.25, 0.3) is 10.9 Å². The van der Waals surface area contributed by atoms with Gasteiger partial charge in [0.25, 0.3) is 0 Å². The molecule has 0 aliphatic heterocycles. The van der Waals surface area contributed by atoms with Gasteiger partial charge in [0.2, 0.25) is 5.91 Å². The fourth-order valence-corrected chi connectivity index (χ4v) is 4.57. The quantitative estimate of drug-likeness (QED) is 0.423. The molecule has 1 atom stereocenters. The molecule has 0 saturated carbocycles. The lowest BCUT2D eigenvalue weighted by molar-refractivity contribution is -0.120. The Kier molecular flexibility index (Phi) is 6.37. The monoisotopic (exact) mass is 432 g/mol. The van der Waals surface area contributed by atoms with E-state index in [0.29, 0.717) is 13.0 Å². The third-order valence-corrected chi connectivity index (χ3v) is 6.60. The van der Waals surface area contributed by atoms with Gasteiger partial charge in [-0.05, 0) is 35.7 Å². The summed E-state index contributed by atoms with van der Waals surface area (Å²) >= 11 is 1.62. The van der Waals surface area contributed by atoms with Crippen LogP contribution < -0.4 is 10.2 Å². The largest absolute Gasteiger partial charge is 0.378 e. The van der Waals surface area contributed by atoms with Gasteiger partial charge in [-0.2, -0.15) is 0 Å². The number of H-pyrrole nitrogens is 1. The van der Waals surface area contributed by atoms with Gasteiger partial charge in [-0.1, -0.05) is 37.3 Å². The third kappa shape index (κ3) is 4.80. The zero-order chi connectivity index (χ0) is 21.8. The summed E-state index contributed by atoms with van der Waals surface area (Å²) in [5.41, 5.74) is 5.47. The normalized spacial score (nSPS) is 12.1. The maximum absolute atomic E-state index is 12.7. The van der Waals surface area contributed by atoms with Gasteiger partial charge >= 0.3 is 0 Å². The lowest BCUT2D eigenvalue weighted by Crippen LogP contribution is -2.30. The Bertz CT molecular complexity index is 1160. The summed E-state index contributed by atoms with van der Waals surface area (Å²) in [6.07, 6.45) is 3.28. The number of benzene rings is 2. The van der Waals surface area contributed by atoms with E-state index in [2.05, 4.69) is 75.8 Å². The van der Waals surface area contributed by atoms with Crippen molar-refractivity contribution in [3.05, 3.63) is 81.9 Å². The molecule has 0 aliphatic carbocycles. The summed E-state index contributed by atoms with van der Waals surface area (Å²) in [7, 11) is 4.07. The van der Waals surface area contributed by atoms with Gasteiger partial charge in [-0.25, -0.2) is 4.98 Å². The Balaban J connectivity index is 1.57. The second kappa shape index (κ2) is 9.35. The number of nitrogens with zero attached hydrogens (tertiary/aromatic N) is 2. The van der Waals surface area contributed by atoms with Crippen molar-refractivity contribution in [2.45, 2.75) is 25.7 Å². The molecule has 2 N–H and O–H groups in total. The molecule has 2 aromatic heterocycles. The SMILES string of the molecule is CCc1nc(CC(=O)NCC(c2ccc(N(C)C)cc2)c2c[nH]c3ccccc23)cs1. The second-order valence-electron chi connectivity index (χ2n) is 7.90. The van der Waals surface area contributed by atoms with Crippen molar-refractivity contribution in [2.24, 2.45) is 0 Å². The molecule has 1 unspecified atom stereocenters. The molecule has 0 spiro atoms. The number of carbonyl (C=O) groups is 1. The van der Waals surface area contributed by atoms with Crippen LogP contribution >= 0.6 is 11.3 Å². The first-order chi connectivity index (χ1) is 15.0. The average Bonchev–Trinajstić information content (AvgIpc) is 3.41. The van der Waals surface area contributed by atoms with E-state index in [1.54, 1.807) is 11.3 Å². The third-order valence-electron chi connectivity index (χ3n) is 5.56. The summed E-state index contributed by atoms with van der Waals surface area (Å²) in [6, 6.07) is 16.9. The Hall–Kier alpha value is -3.12. The summed E-state index contributed by atoms with van der Waals surface area (Å²) in [4.78, 5) is 22.6. The number of para-hydroxylation sites is 1. The number of hydrogen-bond donors (Lipinski definition) is 2. The molecule has 160 valence electrons. The number of nitrogens with one attached hydrogen (secondary N) is 2. The standard InChI is InChI=1S/C25H28N4OS/c1-4-25-28-18(16-31-25)13-24(30)27-14-21(17-9-11-19(12-10-17)29(2)3)22-15-26-23-8-6-5-7-20(22)23/h5-12,15-16,21,26H,4,13-14H2,1-3H3,(H,27,30). The molecule has 4 rings (SSSR count). The van der Waals surface area contributed by atoms with E-state index in [1.165, 1.54) is 16.5 Å². The summed E-state index contributed by atoms with van der Waals surface area (Å²) < 4.78 is 0. The number of aromatic nitrogens is 2. The van der Waals surface area contributed by atoms with Gasteiger partial charge in [0.05, 0.1) is 17.1 Å². The van der Waals surface area contributed by atoms with Gasteiger partial charge in [0.1, 0.15) is 0 Å². The zero-order valence-electron chi connectivity index (χ0n) is 18.2. The van der Waals surface area contributed by atoms with Crippen LogP contribution in [0.4, 0.5) is 5.69 Å². The first kappa shape index (κ1) is 21.1. The highest BCUT2D eigenvalue weighted by atomic mass is 32.1. The molecule has 2 heterocycles. The molecule has 0 bridgehead atoms. The van der Waals surface area contributed by atoms with Gasteiger partial charge in [-0.3, -0.25) is 4.79 Å². The maximum atomic E-state index is 12.7. The minimum absolute atomic E-state index is 0.00251. The fourth-order valence-electron chi connectivity index (χ4n) is 3.83. The van der Waals surface area contributed by atoms with E-state index in [9.17, 15) is 4.79 Å². The minimum atomic E-state index is 0.00251. The van der Waals surface area contributed by atoms with Crippen molar-refractivity contribution in [1.29, 1.82) is 0 Å². The maximum Gasteiger partial charge on any atom is 0.226 e. The van der Waals surface area contributed by atoms with Crippen molar-refractivity contribution in [3.8, 4) is 0 Å². The number of rotatable bonds is 8. The Labute approximate surface area is 187 Å². The smallest absolute Gasteiger partial charge is 0.226 e. The number of amides is 1. The van der Waals surface area contributed by atoms with Gasteiger partial charge in [-0.15, -0.1) is 11.3 Å². The Morgan fingerprint density at radius 2 is 1.94 bits per heavy atom. The molecular formula is C25H28N4OS. The lowest BCUT2D eigenvalue weighted by atomic mass is 9.90. The predicted molar refractivity (Wildman–Crippen MR) is 129 cm³/mol. The molecule has 0 fully saturated rings. The van der Waals surface area contributed by atoms with Crippen LogP contribution in [0, 0.1) is 0 Å². The highest BCUT2D eigenvalue weighted by molar-refractivity contribution is 7.09. The van der Waals surface area contributed by atoms with Crippen molar-refractivity contribution in [3.63, 3.8) is 0 Å². The zero-order valence-corrected chi connectivity index (χ0v) is 19.0. The van der Waals surface area contributed by atoms with E-state index in [-0.39, 0.29) is 11.8 Å². The molecule has 0 saturated heterocycles. The van der Waals surface area contributed by atoms with E-state index in [1.807, 2.05) is 25.5 Å². The highest BCUT2D eigenvalue weighted by Crippen LogP contribution is 2.31. The van der Waals surface area contributed by atoms with Crippen LogP contribution in [-0.2, 0) is 17.6 Å². The number of carbonyl (C=O) groups excluding carboxylic acids is 1. The minimum Gasteiger partial charge on any atom is -0.378 e. The second-order valence-corrected chi connectivity index (χ2v) is 8.84.